The molecular formula is C21H21N3O4S2. The van der Waals surface area contributed by atoms with Gasteiger partial charge in [0, 0.05) is 6.04 Å². The number of thioether (sulfide) groups is 1. The highest BCUT2D eigenvalue weighted by Crippen LogP contribution is 2.19. The molecule has 0 spiro atoms. The van der Waals surface area contributed by atoms with Crippen LogP contribution in [0.4, 0.5) is 0 Å². The molecule has 1 aliphatic rings. The predicted octanol–water partition coefficient (Wildman–Crippen LogP) is 1.84. The standard InChI is InChI=1S/C21H21N3O4S2/c25-19(22-16-10-11-30(27,28)14-16)13-29-21-23-18-9-5-4-8-17(18)20(26)24(21)12-15-6-2-1-3-7-15/h1-9,16H,10-14H2,(H,22,25)/t16-/m1/s1. The summed E-state index contributed by atoms with van der Waals surface area (Å²) < 4.78 is 24.7. The lowest BCUT2D eigenvalue weighted by atomic mass is 10.2. The number of carbonyl (C=O) groups is 1. The number of hydrogen-bond donors (Lipinski definition) is 1. The Hall–Kier alpha value is -2.65. The lowest BCUT2D eigenvalue weighted by molar-refractivity contribution is -0.119. The number of benzene rings is 2. The first-order valence-electron chi connectivity index (χ1n) is 9.57. The molecule has 1 amide bonds. The van der Waals surface area contributed by atoms with Crippen molar-refractivity contribution in [2.75, 3.05) is 17.3 Å². The Balaban J connectivity index is 1.57. The maximum Gasteiger partial charge on any atom is 0.262 e. The second kappa shape index (κ2) is 8.61. The quantitative estimate of drug-likeness (QED) is 0.461. The van der Waals surface area contributed by atoms with Crippen LogP contribution in [0.15, 0.2) is 64.5 Å². The smallest absolute Gasteiger partial charge is 0.262 e. The van der Waals surface area contributed by atoms with Crippen molar-refractivity contribution in [2.45, 2.75) is 24.2 Å². The normalized spacial score (nSPS) is 17.8. The fourth-order valence-electron chi connectivity index (χ4n) is 3.47. The van der Waals surface area contributed by atoms with Gasteiger partial charge in [-0.2, -0.15) is 0 Å². The minimum Gasteiger partial charge on any atom is -0.352 e. The molecule has 2 heterocycles. The minimum atomic E-state index is -3.06. The predicted molar refractivity (Wildman–Crippen MR) is 117 cm³/mol. The Morgan fingerprint density at radius 1 is 1.13 bits per heavy atom. The van der Waals surface area contributed by atoms with E-state index in [4.69, 9.17) is 0 Å². The molecule has 1 fully saturated rings. The van der Waals surface area contributed by atoms with E-state index in [0.29, 0.717) is 29.0 Å². The maximum absolute atomic E-state index is 13.1. The fraction of sp³-hybridized carbons (Fsp3) is 0.286. The highest BCUT2D eigenvalue weighted by Gasteiger charge is 2.29. The van der Waals surface area contributed by atoms with Crippen LogP contribution >= 0.6 is 11.8 Å². The van der Waals surface area contributed by atoms with Crippen molar-refractivity contribution in [3.8, 4) is 0 Å². The molecule has 0 saturated carbocycles. The Kier molecular flexibility index (Phi) is 5.92. The first-order valence-corrected chi connectivity index (χ1v) is 12.4. The van der Waals surface area contributed by atoms with E-state index in [2.05, 4.69) is 10.3 Å². The van der Waals surface area contributed by atoms with Crippen molar-refractivity contribution in [3.63, 3.8) is 0 Å². The molecule has 1 N–H and O–H groups in total. The zero-order valence-electron chi connectivity index (χ0n) is 16.2. The highest BCUT2D eigenvalue weighted by molar-refractivity contribution is 7.99. The van der Waals surface area contributed by atoms with Gasteiger partial charge in [0.2, 0.25) is 5.91 Å². The van der Waals surface area contributed by atoms with Crippen LogP contribution < -0.4 is 10.9 Å². The van der Waals surface area contributed by atoms with Crippen molar-refractivity contribution in [3.05, 3.63) is 70.5 Å². The lowest BCUT2D eigenvalue weighted by Crippen LogP contribution is -2.36. The summed E-state index contributed by atoms with van der Waals surface area (Å²) in [5.41, 5.74) is 1.38. The molecule has 1 atom stereocenters. The highest BCUT2D eigenvalue weighted by atomic mass is 32.2. The lowest BCUT2D eigenvalue weighted by Gasteiger charge is -2.14. The number of sulfone groups is 1. The van der Waals surface area contributed by atoms with Crippen LogP contribution in [0.25, 0.3) is 10.9 Å². The molecule has 1 aliphatic heterocycles. The van der Waals surface area contributed by atoms with Gasteiger partial charge in [0.1, 0.15) is 0 Å². The number of hydrogen-bond acceptors (Lipinski definition) is 6. The van der Waals surface area contributed by atoms with Gasteiger partial charge >= 0.3 is 0 Å². The molecule has 1 saturated heterocycles. The van der Waals surface area contributed by atoms with E-state index in [1.54, 1.807) is 22.8 Å². The van der Waals surface area contributed by atoms with Gasteiger partial charge in [0.15, 0.2) is 15.0 Å². The summed E-state index contributed by atoms with van der Waals surface area (Å²) in [7, 11) is -3.06. The molecule has 7 nitrogen and oxygen atoms in total. The molecule has 0 radical (unpaired) electrons. The number of carbonyl (C=O) groups excluding carboxylic acids is 1. The summed E-state index contributed by atoms with van der Waals surface area (Å²) in [6.07, 6.45) is 0.436. The van der Waals surface area contributed by atoms with Gasteiger partial charge in [-0.25, -0.2) is 13.4 Å². The molecule has 0 aliphatic carbocycles. The SMILES string of the molecule is O=C(CSc1nc2ccccc2c(=O)n1Cc1ccccc1)N[C@@H]1CCS(=O)(=O)C1. The largest absolute Gasteiger partial charge is 0.352 e. The van der Waals surface area contributed by atoms with E-state index in [1.807, 2.05) is 36.4 Å². The van der Waals surface area contributed by atoms with Gasteiger partial charge in [-0.05, 0) is 24.1 Å². The number of amides is 1. The third-order valence-electron chi connectivity index (χ3n) is 4.94. The maximum atomic E-state index is 13.1. The summed E-state index contributed by atoms with van der Waals surface area (Å²) in [5.74, 6) is -0.129. The van der Waals surface area contributed by atoms with Gasteiger partial charge in [-0.15, -0.1) is 0 Å². The van der Waals surface area contributed by atoms with Gasteiger partial charge < -0.3 is 5.32 Å². The van der Waals surface area contributed by atoms with E-state index >= 15 is 0 Å². The van der Waals surface area contributed by atoms with Crippen molar-refractivity contribution in [2.24, 2.45) is 0 Å². The average Bonchev–Trinajstić information content (AvgIpc) is 3.07. The second-order valence-electron chi connectivity index (χ2n) is 7.24. The molecule has 156 valence electrons. The van der Waals surface area contributed by atoms with Crippen LogP contribution in [0.1, 0.15) is 12.0 Å². The zero-order valence-corrected chi connectivity index (χ0v) is 17.8. The zero-order chi connectivity index (χ0) is 21.1. The topological polar surface area (TPSA) is 98.1 Å². The van der Waals surface area contributed by atoms with E-state index in [0.717, 1.165) is 5.56 Å². The number of rotatable bonds is 6. The Bertz CT molecular complexity index is 1240. The van der Waals surface area contributed by atoms with Crippen molar-refractivity contribution >= 4 is 38.4 Å². The first-order chi connectivity index (χ1) is 14.4. The van der Waals surface area contributed by atoms with Crippen LogP contribution in [0.5, 0.6) is 0 Å². The molecule has 3 aromatic rings. The summed E-state index contributed by atoms with van der Waals surface area (Å²) in [4.78, 5) is 30.1. The van der Waals surface area contributed by atoms with E-state index in [1.165, 1.54) is 11.8 Å². The molecule has 0 bridgehead atoms. The third-order valence-corrected chi connectivity index (χ3v) is 7.68. The van der Waals surface area contributed by atoms with Crippen LogP contribution in [0.3, 0.4) is 0 Å². The van der Waals surface area contributed by atoms with Crippen molar-refractivity contribution in [1.29, 1.82) is 0 Å². The monoisotopic (exact) mass is 443 g/mol. The van der Waals surface area contributed by atoms with Crippen molar-refractivity contribution < 1.29 is 13.2 Å². The molecule has 30 heavy (non-hydrogen) atoms. The van der Waals surface area contributed by atoms with Crippen LogP contribution in [0.2, 0.25) is 0 Å². The second-order valence-corrected chi connectivity index (χ2v) is 10.4. The first kappa shape index (κ1) is 20.6. The molecule has 9 heteroatoms. The molecular weight excluding hydrogens is 422 g/mol. The summed E-state index contributed by atoms with van der Waals surface area (Å²) in [6.45, 7) is 0.350. The van der Waals surface area contributed by atoms with E-state index in [9.17, 15) is 18.0 Å². The Morgan fingerprint density at radius 3 is 2.60 bits per heavy atom. The van der Waals surface area contributed by atoms with Gasteiger partial charge in [0.25, 0.3) is 5.56 Å². The van der Waals surface area contributed by atoms with Gasteiger partial charge in [0.05, 0.1) is 34.7 Å². The molecule has 0 unspecified atom stereocenters. The number of nitrogens with one attached hydrogen (secondary N) is 1. The number of fused-ring (bicyclic) bond motifs is 1. The number of para-hydroxylation sites is 1. The van der Waals surface area contributed by atoms with Crippen LogP contribution in [-0.4, -0.2) is 47.2 Å². The fourth-order valence-corrected chi connectivity index (χ4v) is 5.95. The Morgan fingerprint density at radius 2 is 1.87 bits per heavy atom. The number of aromatic nitrogens is 2. The van der Waals surface area contributed by atoms with Crippen molar-refractivity contribution in [1.82, 2.24) is 14.9 Å². The van der Waals surface area contributed by atoms with Crippen LogP contribution in [0, 0.1) is 0 Å². The minimum absolute atomic E-state index is 0.0175. The number of nitrogens with zero attached hydrogens (tertiary/aromatic N) is 2. The Labute approximate surface area is 178 Å². The molecule has 1 aromatic heterocycles. The summed E-state index contributed by atoms with van der Waals surface area (Å²) >= 11 is 1.18. The molecule has 4 rings (SSSR count). The van der Waals surface area contributed by atoms with E-state index < -0.39 is 9.84 Å². The average molecular weight is 444 g/mol. The molecule has 2 aromatic carbocycles. The van der Waals surface area contributed by atoms with E-state index in [-0.39, 0.29) is 34.8 Å². The van der Waals surface area contributed by atoms with Crippen LogP contribution in [-0.2, 0) is 21.2 Å². The summed E-state index contributed by atoms with van der Waals surface area (Å²) in [5, 5.41) is 3.75. The van der Waals surface area contributed by atoms with Gasteiger partial charge in [-0.1, -0.05) is 54.2 Å². The summed E-state index contributed by atoms with van der Waals surface area (Å²) in [6, 6.07) is 16.4. The third kappa shape index (κ3) is 4.73. The van der Waals surface area contributed by atoms with Gasteiger partial charge in [-0.3, -0.25) is 14.2 Å².